The highest BCUT2D eigenvalue weighted by Crippen LogP contribution is 2.44. The van der Waals surface area contributed by atoms with E-state index in [1.165, 1.54) is 11.8 Å². The third-order valence-corrected chi connectivity index (χ3v) is 8.32. The molecule has 41 heavy (non-hydrogen) atoms. The van der Waals surface area contributed by atoms with Crippen molar-refractivity contribution >= 4 is 53.4 Å². The molecule has 5 N–H and O–H groups in total. The average Bonchev–Trinajstić information content (AvgIpc) is 3.41. The van der Waals surface area contributed by atoms with Crippen LogP contribution in [0.3, 0.4) is 0 Å². The van der Waals surface area contributed by atoms with Gasteiger partial charge in [0, 0.05) is 11.0 Å². The zero-order chi connectivity index (χ0) is 29.9. The van der Waals surface area contributed by atoms with Gasteiger partial charge in [-0.25, -0.2) is 14.7 Å². The van der Waals surface area contributed by atoms with Gasteiger partial charge in [0.25, 0.3) is 5.91 Å². The summed E-state index contributed by atoms with van der Waals surface area (Å²) in [6.07, 6.45) is -1.28. The summed E-state index contributed by atoms with van der Waals surface area (Å²) in [6.45, 7) is 5.03. The van der Waals surface area contributed by atoms with Crippen LogP contribution in [0, 0.1) is 0 Å². The van der Waals surface area contributed by atoms with Gasteiger partial charge in [0.15, 0.2) is 0 Å². The van der Waals surface area contributed by atoms with Gasteiger partial charge in [-0.1, -0.05) is 42.1 Å². The summed E-state index contributed by atoms with van der Waals surface area (Å²) in [6, 6.07) is 6.10. The molecule has 1 aromatic carbocycles. The highest BCUT2D eigenvalue weighted by Gasteiger charge is 2.55. The molecule has 3 unspecified atom stereocenters. The molecule has 218 valence electrons. The maximum absolute atomic E-state index is 13.4. The second-order valence-corrected chi connectivity index (χ2v) is 12.3. The molecule has 0 bridgehead atoms. The van der Waals surface area contributed by atoms with Crippen LogP contribution in [0.5, 0.6) is 0 Å². The van der Waals surface area contributed by atoms with Crippen LogP contribution >= 0.6 is 23.5 Å². The summed E-state index contributed by atoms with van der Waals surface area (Å²) in [5.41, 5.74) is -0.501. The Morgan fingerprint density at radius 1 is 1.22 bits per heavy atom. The number of nitrogens with zero attached hydrogens (tertiary/aromatic N) is 4. The number of carbonyl (C=O) groups is 5. The van der Waals surface area contributed by atoms with Crippen molar-refractivity contribution < 1.29 is 38.9 Å². The van der Waals surface area contributed by atoms with Crippen molar-refractivity contribution in [2.24, 2.45) is 0 Å². The molecule has 2 aliphatic heterocycles. The zero-order valence-corrected chi connectivity index (χ0v) is 23.7. The van der Waals surface area contributed by atoms with E-state index in [-0.39, 0.29) is 22.2 Å². The smallest absolute Gasteiger partial charge is 0.408 e. The Morgan fingerprint density at radius 2 is 1.93 bits per heavy atom. The number of carbonyl (C=O) groups excluding carboxylic acids is 3. The number of benzene rings is 1. The largest absolute Gasteiger partial charge is 0.481 e. The second kappa shape index (κ2) is 12.2. The van der Waals surface area contributed by atoms with Crippen LogP contribution in [0.2, 0.25) is 0 Å². The summed E-state index contributed by atoms with van der Waals surface area (Å²) in [5.74, 6) is -3.89. The molecule has 17 heteroatoms. The Kier molecular flexibility index (Phi) is 8.86. The maximum atomic E-state index is 13.4. The van der Waals surface area contributed by atoms with Gasteiger partial charge in [-0.3, -0.25) is 19.3 Å². The monoisotopic (exact) mass is 605 g/mol. The number of nitrogens with one attached hydrogen (secondary N) is 3. The molecule has 0 spiro atoms. The van der Waals surface area contributed by atoms with Crippen LogP contribution in [-0.4, -0.2) is 93.6 Å². The normalized spacial score (nSPS) is 19.9. The number of amides is 3. The van der Waals surface area contributed by atoms with Crippen LogP contribution < -0.4 is 10.6 Å². The number of carboxylic acids is 2. The molecule has 0 radical (unpaired) electrons. The van der Waals surface area contributed by atoms with E-state index in [2.05, 4.69) is 31.3 Å². The molecule has 1 aromatic heterocycles. The number of thioether (sulfide) groups is 2. The number of fused-ring (bicyclic) bond motifs is 1. The summed E-state index contributed by atoms with van der Waals surface area (Å²) in [7, 11) is 0. The number of rotatable bonds is 10. The number of ether oxygens (including phenoxy) is 1. The quantitative estimate of drug-likeness (QED) is 0.190. The topological polar surface area (TPSA) is 217 Å². The van der Waals surface area contributed by atoms with E-state index in [1.54, 1.807) is 51.1 Å². The van der Waals surface area contributed by atoms with Gasteiger partial charge in [0.2, 0.25) is 11.1 Å². The summed E-state index contributed by atoms with van der Waals surface area (Å²) < 4.78 is 5.29. The standard InChI is InChI=1S/C24H27N7O8S2/c1-24(2,3)39-23(38)26-15(11-7-5-4-6-8-11)18(34)25-16-19(35)31-17(21(36)37)12(10-40-20(16)31)13(9-14(32)33)41-22-27-29-30-28-22/h4-8,13,15-16,20H,9-10H2,1-3H3,(H,25,34)(H,26,38)(H,32,33)(H,36,37)(H,27,28,29,30)/t13?,15?,16?,20-/m0/s1. The van der Waals surface area contributed by atoms with Gasteiger partial charge in [-0.15, -0.1) is 16.9 Å². The van der Waals surface area contributed by atoms with E-state index in [0.29, 0.717) is 5.56 Å². The Labute approximate surface area is 241 Å². The highest BCUT2D eigenvalue weighted by molar-refractivity contribution is 8.01. The first-order valence-corrected chi connectivity index (χ1v) is 14.2. The van der Waals surface area contributed by atoms with Crippen molar-refractivity contribution in [2.45, 2.75) is 60.7 Å². The van der Waals surface area contributed by atoms with E-state index in [1.807, 2.05) is 0 Å². The van der Waals surface area contributed by atoms with Gasteiger partial charge in [0.1, 0.15) is 28.8 Å². The minimum atomic E-state index is -1.41. The SMILES string of the molecule is CC(C)(C)OC(=O)NC(C(=O)NC1C(=O)N2C(C(=O)O)=C(C(CC(=O)O)Sc3nnn[nH]3)CS[C@@H]12)c1ccccc1. The van der Waals surface area contributed by atoms with Crippen molar-refractivity contribution in [3.05, 3.63) is 47.2 Å². The van der Waals surface area contributed by atoms with Crippen LogP contribution in [0.25, 0.3) is 0 Å². The number of hydrogen-bond donors (Lipinski definition) is 5. The molecule has 4 rings (SSSR count). The number of hydrogen-bond acceptors (Lipinski definition) is 11. The Hall–Kier alpha value is -4.12. The molecule has 1 saturated heterocycles. The first-order chi connectivity index (χ1) is 19.4. The lowest BCUT2D eigenvalue weighted by atomic mass is 9.99. The lowest BCUT2D eigenvalue weighted by Gasteiger charge is -2.50. The van der Waals surface area contributed by atoms with Crippen LogP contribution in [-0.2, 0) is 23.9 Å². The van der Waals surface area contributed by atoms with Crippen molar-refractivity contribution in [1.29, 1.82) is 0 Å². The van der Waals surface area contributed by atoms with E-state index in [9.17, 15) is 34.2 Å². The molecule has 0 saturated carbocycles. The van der Waals surface area contributed by atoms with Gasteiger partial charge in [-0.2, -0.15) is 0 Å². The highest BCUT2D eigenvalue weighted by atomic mass is 32.2. The minimum Gasteiger partial charge on any atom is -0.481 e. The number of β-lactam (4-membered cyclic amide) rings is 1. The summed E-state index contributed by atoms with van der Waals surface area (Å²) >= 11 is 2.12. The Bertz CT molecular complexity index is 1360. The number of alkyl carbamates (subject to hydrolysis) is 1. The number of tetrazole rings is 1. The molecule has 3 heterocycles. The molecule has 0 aliphatic carbocycles. The molecule has 15 nitrogen and oxygen atoms in total. The van der Waals surface area contributed by atoms with Crippen LogP contribution in [0.1, 0.15) is 38.8 Å². The predicted octanol–water partition coefficient (Wildman–Crippen LogP) is 1.14. The Balaban J connectivity index is 1.55. The summed E-state index contributed by atoms with van der Waals surface area (Å²) in [5, 5.41) is 36.3. The third-order valence-electron chi connectivity index (χ3n) is 5.88. The van der Waals surface area contributed by atoms with Crippen molar-refractivity contribution in [1.82, 2.24) is 36.2 Å². The fourth-order valence-electron chi connectivity index (χ4n) is 4.23. The molecular formula is C24H27N7O8S2. The molecule has 2 aliphatic rings. The predicted molar refractivity (Wildman–Crippen MR) is 144 cm³/mol. The minimum absolute atomic E-state index is 0.0766. The first kappa shape index (κ1) is 29.9. The number of carboxylic acid groups (broad SMARTS) is 2. The van der Waals surface area contributed by atoms with E-state index in [4.69, 9.17) is 4.74 Å². The number of aromatic amines is 1. The molecule has 2 aromatic rings. The van der Waals surface area contributed by atoms with E-state index in [0.717, 1.165) is 16.7 Å². The average molecular weight is 606 g/mol. The van der Waals surface area contributed by atoms with Gasteiger partial charge >= 0.3 is 18.0 Å². The van der Waals surface area contributed by atoms with Crippen molar-refractivity contribution in [2.75, 3.05) is 5.75 Å². The number of aliphatic carboxylic acids is 2. The van der Waals surface area contributed by atoms with Crippen molar-refractivity contribution in [3.63, 3.8) is 0 Å². The second-order valence-electron chi connectivity index (χ2n) is 9.98. The number of aromatic nitrogens is 4. The van der Waals surface area contributed by atoms with Gasteiger partial charge < -0.3 is 25.6 Å². The fourth-order valence-corrected chi connectivity index (χ4v) is 6.77. The summed E-state index contributed by atoms with van der Waals surface area (Å²) in [4.78, 5) is 64.1. The molecular weight excluding hydrogens is 578 g/mol. The molecule has 1 fully saturated rings. The maximum Gasteiger partial charge on any atom is 0.408 e. The third kappa shape index (κ3) is 6.97. The lowest BCUT2D eigenvalue weighted by Crippen LogP contribution is -2.71. The van der Waals surface area contributed by atoms with Crippen molar-refractivity contribution in [3.8, 4) is 0 Å². The molecule has 3 amide bonds. The molecule has 4 atom stereocenters. The van der Waals surface area contributed by atoms with E-state index < -0.39 is 64.6 Å². The Morgan fingerprint density at radius 3 is 2.51 bits per heavy atom. The van der Waals surface area contributed by atoms with Crippen LogP contribution in [0.15, 0.2) is 46.8 Å². The van der Waals surface area contributed by atoms with Crippen LogP contribution in [0.4, 0.5) is 4.79 Å². The van der Waals surface area contributed by atoms with E-state index >= 15 is 0 Å². The zero-order valence-electron chi connectivity index (χ0n) is 22.1. The fraction of sp³-hybridized carbons (Fsp3) is 0.417. The first-order valence-electron chi connectivity index (χ1n) is 12.2. The number of H-pyrrole nitrogens is 1. The van der Waals surface area contributed by atoms with Gasteiger partial charge in [-0.05, 0) is 42.3 Å². The van der Waals surface area contributed by atoms with Gasteiger partial charge in [0.05, 0.1) is 6.42 Å². The lowest BCUT2D eigenvalue weighted by molar-refractivity contribution is -0.151.